The lowest BCUT2D eigenvalue weighted by molar-refractivity contribution is 1.15. The lowest BCUT2D eigenvalue weighted by Crippen LogP contribution is -1.99. The zero-order chi connectivity index (χ0) is 12.5. The molecule has 0 unspecified atom stereocenters. The molecule has 0 bridgehead atoms. The summed E-state index contributed by atoms with van der Waals surface area (Å²) >= 11 is 3.48. The highest BCUT2D eigenvalue weighted by atomic mass is 79.9. The van der Waals surface area contributed by atoms with Crippen LogP contribution in [-0.2, 0) is 6.54 Å². The van der Waals surface area contributed by atoms with Crippen molar-refractivity contribution in [3.63, 3.8) is 0 Å². The molecule has 0 aliphatic rings. The minimum atomic E-state index is -0.195. The Bertz CT molecular complexity index is 726. The third kappa shape index (κ3) is 2.06. The predicted molar refractivity (Wildman–Crippen MR) is 74.7 cm³/mol. The Balaban J connectivity index is 1.91. The number of benzene rings is 1. The number of aromatic amines is 3. The van der Waals surface area contributed by atoms with E-state index >= 15 is 0 Å². The van der Waals surface area contributed by atoms with Crippen molar-refractivity contribution in [1.29, 1.82) is 0 Å². The van der Waals surface area contributed by atoms with Crippen molar-refractivity contribution < 1.29 is 0 Å². The average Bonchev–Trinajstić information content (AvgIpc) is 2.94. The summed E-state index contributed by atoms with van der Waals surface area (Å²) in [6.45, 7) is 0.724. The maximum atomic E-state index is 11.2. The van der Waals surface area contributed by atoms with Gasteiger partial charge in [0.1, 0.15) is 0 Å². The third-order valence-corrected chi connectivity index (χ3v) is 3.41. The van der Waals surface area contributed by atoms with Crippen LogP contribution in [0.25, 0.3) is 11.0 Å². The molecule has 0 amide bonds. The van der Waals surface area contributed by atoms with Gasteiger partial charge in [0.05, 0.1) is 16.7 Å². The van der Waals surface area contributed by atoms with Crippen LogP contribution < -0.4 is 11.0 Å². The van der Waals surface area contributed by atoms with Crippen LogP contribution in [0.1, 0.15) is 5.56 Å². The zero-order valence-electron chi connectivity index (χ0n) is 9.38. The highest BCUT2D eigenvalue weighted by Gasteiger charge is 2.05. The summed E-state index contributed by atoms with van der Waals surface area (Å²) in [4.78, 5) is 19.7. The second-order valence-corrected chi connectivity index (χ2v) is 4.88. The predicted octanol–water partition coefficient (Wildman–Crippen LogP) is 2.56. The van der Waals surface area contributed by atoms with Gasteiger partial charge in [-0.25, -0.2) is 4.79 Å². The van der Waals surface area contributed by atoms with Gasteiger partial charge in [0.2, 0.25) is 0 Å². The van der Waals surface area contributed by atoms with Crippen LogP contribution in [-0.4, -0.2) is 15.0 Å². The number of halogens is 1. The van der Waals surface area contributed by atoms with Gasteiger partial charge in [-0.05, 0) is 39.7 Å². The van der Waals surface area contributed by atoms with E-state index in [9.17, 15) is 4.79 Å². The zero-order valence-corrected chi connectivity index (χ0v) is 11.0. The van der Waals surface area contributed by atoms with Crippen molar-refractivity contribution in [2.75, 3.05) is 5.32 Å². The van der Waals surface area contributed by atoms with Gasteiger partial charge in [-0.2, -0.15) is 0 Å². The Labute approximate surface area is 111 Å². The molecule has 0 aliphatic carbocycles. The summed E-state index contributed by atoms with van der Waals surface area (Å²) in [7, 11) is 0. The van der Waals surface area contributed by atoms with Crippen LogP contribution in [0.15, 0.2) is 39.9 Å². The summed E-state index contributed by atoms with van der Waals surface area (Å²) in [5.41, 5.74) is 3.50. The largest absolute Gasteiger partial charge is 0.380 e. The summed E-state index contributed by atoms with van der Waals surface area (Å²) in [5, 5.41) is 3.31. The molecule has 0 radical (unpaired) electrons. The van der Waals surface area contributed by atoms with Gasteiger partial charge in [0, 0.05) is 23.4 Å². The number of aromatic nitrogens is 3. The Morgan fingerprint density at radius 2 is 2.00 bits per heavy atom. The van der Waals surface area contributed by atoms with Gasteiger partial charge in [-0.3, -0.25) is 0 Å². The highest BCUT2D eigenvalue weighted by Crippen LogP contribution is 2.26. The molecule has 2 aromatic heterocycles. The van der Waals surface area contributed by atoms with E-state index in [1.807, 2.05) is 30.6 Å². The first-order chi connectivity index (χ1) is 8.72. The molecule has 0 saturated heterocycles. The summed E-state index contributed by atoms with van der Waals surface area (Å²) in [5.74, 6) is 0. The number of fused-ring (bicyclic) bond motifs is 1. The van der Waals surface area contributed by atoms with Crippen molar-refractivity contribution >= 4 is 32.7 Å². The third-order valence-electron chi connectivity index (χ3n) is 2.75. The van der Waals surface area contributed by atoms with Crippen molar-refractivity contribution in [2.45, 2.75) is 6.54 Å². The highest BCUT2D eigenvalue weighted by molar-refractivity contribution is 9.10. The number of hydrogen-bond acceptors (Lipinski definition) is 2. The van der Waals surface area contributed by atoms with Gasteiger partial charge >= 0.3 is 5.69 Å². The van der Waals surface area contributed by atoms with E-state index in [2.05, 4.69) is 36.2 Å². The topological polar surface area (TPSA) is 76.5 Å². The maximum absolute atomic E-state index is 11.2. The van der Waals surface area contributed by atoms with E-state index in [0.717, 1.165) is 27.7 Å². The molecule has 2 heterocycles. The standard InChI is InChI=1S/C12H11BrN4O/c13-8-3-10-11(17-12(18)16-10)4-9(8)15-6-7-1-2-14-5-7/h1-5,14-15H,6H2,(H2,16,17,18). The first-order valence-corrected chi connectivity index (χ1v) is 6.29. The van der Waals surface area contributed by atoms with E-state index in [4.69, 9.17) is 0 Å². The second kappa shape index (κ2) is 4.38. The van der Waals surface area contributed by atoms with Gasteiger partial charge in [0.25, 0.3) is 0 Å². The summed E-state index contributed by atoms with van der Waals surface area (Å²) in [6, 6.07) is 5.80. The van der Waals surface area contributed by atoms with E-state index in [-0.39, 0.29) is 5.69 Å². The molecule has 0 saturated carbocycles. The number of rotatable bonds is 3. The van der Waals surface area contributed by atoms with Crippen LogP contribution in [0.3, 0.4) is 0 Å². The van der Waals surface area contributed by atoms with Crippen LogP contribution >= 0.6 is 15.9 Å². The summed E-state index contributed by atoms with van der Waals surface area (Å²) in [6.07, 6.45) is 3.83. The smallest absolute Gasteiger partial charge is 0.323 e. The Kier molecular flexibility index (Phi) is 2.71. The molecule has 3 rings (SSSR count). The fourth-order valence-electron chi connectivity index (χ4n) is 1.86. The van der Waals surface area contributed by atoms with Crippen molar-refractivity contribution in [1.82, 2.24) is 15.0 Å². The Morgan fingerprint density at radius 3 is 2.72 bits per heavy atom. The van der Waals surface area contributed by atoms with Crippen molar-refractivity contribution in [3.8, 4) is 0 Å². The monoisotopic (exact) mass is 306 g/mol. The van der Waals surface area contributed by atoms with Crippen molar-refractivity contribution in [3.05, 3.63) is 51.1 Å². The van der Waals surface area contributed by atoms with E-state index in [1.165, 1.54) is 5.56 Å². The summed E-state index contributed by atoms with van der Waals surface area (Å²) < 4.78 is 0.917. The molecule has 0 aliphatic heterocycles. The molecule has 0 fully saturated rings. The Morgan fingerprint density at radius 1 is 1.22 bits per heavy atom. The minimum absolute atomic E-state index is 0.195. The number of H-pyrrole nitrogens is 3. The van der Waals surface area contributed by atoms with E-state index < -0.39 is 0 Å². The molecule has 6 heteroatoms. The first kappa shape index (κ1) is 11.2. The van der Waals surface area contributed by atoms with Gasteiger partial charge in [-0.15, -0.1) is 0 Å². The molecule has 18 heavy (non-hydrogen) atoms. The lowest BCUT2D eigenvalue weighted by atomic mass is 10.2. The molecule has 92 valence electrons. The molecule has 0 atom stereocenters. The SMILES string of the molecule is O=c1[nH]c2cc(Br)c(NCc3cc[nH]c3)cc2[nH]1. The van der Waals surface area contributed by atoms with E-state index in [1.54, 1.807) is 0 Å². The molecule has 1 aromatic carbocycles. The number of hydrogen-bond donors (Lipinski definition) is 4. The number of imidazole rings is 1. The fourth-order valence-corrected chi connectivity index (χ4v) is 2.34. The van der Waals surface area contributed by atoms with Crippen LogP contribution in [0.5, 0.6) is 0 Å². The Hall–Kier alpha value is -1.95. The van der Waals surface area contributed by atoms with Crippen LogP contribution in [0, 0.1) is 0 Å². The lowest BCUT2D eigenvalue weighted by Gasteiger charge is -2.07. The van der Waals surface area contributed by atoms with Gasteiger partial charge < -0.3 is 20.3 Å². The van der Waals surface area contributed by atoms with Gasteiger partial charge in [0.15, 0.2) is 0 Å². The van der Waals surface area contributed by atoms with Gasteiger partial charge in [-0.1, -0.05) is 0 Å². The average molecular weight is 307 g/mol. The first-order valence-electron chi connectivity index (χ1n) is 5.49. The van der Waals surface area contributed by atoms with Crippen LogP contribution in [0.4, 0.5) is 5.69 Å². The fraction of sp³-hybridized carbons (Fsp3) is 0.0833. The molecular formula is C12H11BrN4O. The quantitative estimate of drug-likeness (QED) is 0.600. The molecular weight excluding hydrogens is 296 g/mol. The molecule has 5 nitrogen and oxygen atoms in total. The molecule has 3 aromatic rings. The minimum Gasteiger partial charge on any atom is -0.380 e. The molecule has 0 spiro atoms. The van der Waals surface area contributed by atoms with Crippen molar-refractivity contribution in [2.24, 2.45) is 0 Å². The van der Waals surface area contributed by atoms with Crippen LogP contribution in [0.2, 0.25) is 0 Å². The number of anilines is 1. The normalized spacial score (nSPS) is 10.9. The maximum Gasteiger partial charge on any atom is 0.323 e. The molecule has 4 N–H and O–H groups in total. The van der Waals surface area contributed by atoms with E-state index in [0.29, 0.717) is 0 Å². The number of nitrogens with one attached hydrogen (secondary N) is 4. The second-order valence-electron chi connectivity index (χ2n) is 4.03.